The molecule has 1 aromatic heterocycles. The highest BCUT2D eigenvalue weighted by Crippen LogP contribution is 2.28. The molecule has 0 aliphatic carbocycles. The molecule has 0 unspecified atom stereocenters. The second-order valence-corrected chi connectivity index (χ2v) is 6.25. The first-order chi connectivity index (χ1) is 11.0. The van der Waals surface area contributed by atoms with Crippen LogP contribution >= 0.6 is 22.9 Å². The molecule has 1 heterocycles. The third kappa shape index (κ3) is 3.64. The summed E-state index contributed by atoms with van der Waals surface area (Å²) in [6.07, 6.45) is 0.120. The molecule has 6 nitrogen and oxygen atoms in total. The number of thiazole rings is 1. The van der Waals surface area contributed by atoms with Gasteiger partial charge in [0.05, 0.1) is 21.6 Å². The average Bonchev–Trinajstić information content (AvgIpc) is 2.88. The summed E-state index contributed by atoms with van der Waals surface area (Å²) < 4.78 is 0.892. The number of anilines is 1. The van der Waals surface area contributed by atoms with E-state index in [4.69, 9.17) is 11.6 Å². The largest absolute Gasteiger partial charge is 0.302 e. The number of aromatic nitrogens is 1. The molecule has 0 bridgehead atoms. The first kappa shape index (κ1) is 15.4. The van der Waals surface area contributed by atoms with Gasteiger partial charge in [0.1, 0.15) is 0 Å². The Bertz CT molecular complexity index is 893. The van der Waals surface area contributed by atoms with Gasteiger partial charge in [-0.05, 0) is 23.8 Å². The van der Waals surface area contributed by atoms with Crippen LogP contribution in [0.15, 0.2) is 42.5 Å². The fraction of sp³-hybridized carbons (Fsp3) is 0.0667. The Balaban J connectivity index is 1.69. The van der Waals surface area contributed by atoms with E-state index < -0.39 is 4.92 Å². The molecule has 2 aromatic carbocycles. The van der Waals surface area contributed by atoms with Gasteiger partial charge in [-0.3, -0.25) is 14.9 Å². The van der Waals surface area contributed by atoms with Crippen molar-refractivity contribution in [3.63, 3.8) is 0 Å². The lowest BCUT2D eigenvalue weighted by atomic mass is 10.1. The van der Waals surface area contributed by atoms with Crippen molar-refractivity contribution < 1.29 is 9.72 Å². The molecule has 0 saturated heterocycles. The van der Waals surface area contributed by atoms with Gasteiger partial charge in [-0.15, -0.1) is 0 Å². The van der Waals surface area contributed by atoms with E-state index in [1.54, 1.807) is 30.3 Å². The van der Waals surface area contributed by atoms with Gasteiger partial charge in [0, 0.05) is 17.2 Å². The molecular formula is C15H10ClN3O3S. The summed E-state index contributed by atoms with van der Waals surface area (Å²) in [5, 5.41) is 14.4. The van der Waals surface area contributed by atoms with Crippen molar-refractivity contribution in [3.05, 3.63) is 63.2 Å². The quantitative estimate of drug-likeness (QED) is 0.570. The molecule has 3 rings (SSSR count). The molecule has 0 aliphatic heterocycles. The van der Waals surface area contributed by atoms with Crippen molar-refractivity contribution in [2.75, 3.05) is 5.32 Å². The first-order valence-electron chi connectivity index (χ1n) is 6.60. The topological polar surface area (TPSA) is 85.1 Å². The molecule has 23 heavy (non-hydrogen) atoms. The monoisotopic (exact) mass is 347 g/mol. The molecule has 0 saturated carbocycles. The van der Waals surface area contributed by atoms with Gasteiger partial charge in [-0.1, -0.05) is 35.1 Å². The Morgan fingerprint density at radius 2 is 2.00 bits per heavy atom. The zero-order chi connectivity index (χ0) is 16.4. The van der Waals surface area contributed by atoms with Crippen LogP contribution in [-0.4, -0.2) is 15.8 Å². The van der Waals surface area contributed by atoms with Crippen molar-refractivity contribution >= 4 is 49.9 Å². The van der Waals surface area contributed by atoms with E-state index in [0.29, 0.717) is 15.7 Å². The Morgan fingerprint density at radius 1 is 1.26 bits per heavy atom. The standard InChI is InChI=1S/C15H10ClN3O3S/c16-10-3-6-12-13(8-10)23-15(17-12)18-14(20)7-9-1-4-11(5-2-9)19(21)22/h1-6,8H,7H2,(H,17,18,20). The van der Waals surface area contributed by atoms with Crippen molar-refractivity contribution in [3.8, 4) is 0 Å². The molecule has 3 aromatic rings. The molecule has 0 fully saturated rings. The lowest BCUT2D eigenvalue weighted by molar-refractivity contribution is -0.384. The number of fused-ring (bicyclic) bond motifs is 1. The minimum absolute atomic E-state index is 0.00258. The Labute approximate surface area is 139 Å². The highest BCUT2D eigenvalue weighted by atomic mass is 35.5. The smallest absolute Gasteiger partial charge is 0.269 e. The fourth-order valence-electron chi connectivity index (χ4n) is 2.04. The maximum atomic E-state index is 12.0. The summed E-state index contributed by atoms with van der Waals surface area (Å²) in [7, 11) is 0. The molecule has 1 N–H and O–H groups in total. The lowest BCUT2D eigenvalue weighted by Gasteiger charge is -2.01. The number of carbonyl (C=O) groups excluding carboxylic acids is 1. The van der Waals surface area contributed by atoms with Crippen LogP contribution in [0, 0.1) is 10.1 Å². The predicted octanol–water partition coefficient (Wildman–Crippen LogP) is 4.04. The number of nitrogens with one attached hydrogen (secondary N) is 1. The number of halogens is 1. The van der Waals surface area contributed by atoms with E-state index in [1.807, 2.05) is 0 Å². The van der Waals surface area contributed by atoms with Crippen LogP contribution in [0.1, 0.15) is 5.56 Å². The number of amides is 1. The van der Waals surface area contributed by atoms with Gasteiger partial charge in [0.15, 0.2) is 5.13 Å². The number of hydrogen-bond donors (Lipinski definition) is 1. The van der Waals surface area contributed by atoms with Gasteiger partial charge < -0.3 is 5.32 Å². The number of nitrogens with zero attached hydrogens (tertiary/aromatic N) is 2. The molecule has 0 aliphatic rings. The van der Waals surface area contributed by atoms with Crippen LogP contribution in [-0.2, 0) is 11.2 Å². The van der Waals surface area contributed by atoms with E-state index in [1.165, 1.54) is 23.5 Å². The van der Waals surface area contributed by atoms with Gasteiger partial charge in [-0.25, -0.2) is 4.98 Å². The third-order valence-electron chi connectivity index (χ3n) is 3.11. The summed E-state index contributed by atoms with van der Waals surface area (Å²) in [6.45, 7) is 0. The third-order valence-corrected chi connectivity index (χ3v) is 4.28. The Kier molecular flexibility index (Phi) is 4.22. The second-order valence-electron chi connectivity index (χ2n) is 4.78. The van der Waals surface area contributed by atoms with Crippen LogP contribution in [0.5, 0.6) is 0 Å². The maximum absolute atomic E-state index is 12.0. The summed E-state index contributed by atoms with van der Waals surface area (Å²) >= 11 is 7.26. The molecule has 1 amide bonds. The first-order valence-corrected chi connectivity index (χ1v) is 7.80. The van der Waals surface area contributed by atoms with Crippen LogP contribution in [0.3, 0.4) is 0 Å². The summed E-state index contributed by atoms with van der Waals surface area (Å²) in [5.41, 5.74) is 1.46. The number of nitro benzene ring substituents is 1. The maximum Gasteiger partial charge on any atom is 0.269 e. The van der Waals surface area contributed by atoms with Crippen molar-refractivity contribution in [2.24, 2.45) is 0 Å². The van der Waals surface area contributed by atoms with E-state index in [9.17, 15) is 14.9 Å². The minimum Gasteiger partial charge on any atom is -0.302 e. The summed E-state index contributed by atoms with van der Waals surface area (Å²) in [4.78, 5) is 26.5. The average molecular weight is 348 g/mol. The number of non-ortho nitro benzene ring substituents is 1. The number of benzene rings is 2. The fourth-order valence-corrected chi connectivity index (χ4v) is 3.19. The predicted molar refractivity (Wildman–Crippen MR) is 90.1 cm³/mol. The molecule has 0 radical (unpaired) electrons. The normalized spacial score (nSPS) is 10.7. The number of nitro groups is 1. The summed E-state index contributed by atoms with van der Waals surface area (Å²) in [6, 6.07) is 11.2. The van der Waals surface area contributed by atoms with Gasteiger partial charge in [-0.2, -0.15) is 0 Å². The van der Waals surface area contributed by atoms with Crippen molar-refractivity contribution in [2.45, 2.75) is 6.42 Å². The Hall–Kier alpha value is -2.51. The molecule has 0 spiro atoms. The van der Waals surface area contributed by atoms with E-state index in [0.717, 1.165) is 10.2 Å². The van der Waals surface area contributed by atoms with Crippen molar-refractivity contribution in [1.29, 1.82) is 0 Å². The van der Waals surface area contributed by atoms with Gasteiger partial charge in [0.2, 0.25) is 5.91 Å². The van der Waals surface area contributed by atoms with Gasteiger partial charge >= 0.3 is 0 Å². The van der Waals surface area contributed by atoms with Crippen LogP contribution < -0.4 is 5.32 Å². The van der Waals surface area contributed by atoms with Gasteiger partial charge in [0.25, 0.3) is 5.69 Å². The SMILES string of the molecule is O=C(Cc1ccc([N+](=O)[O-])cc1)Nc1nc2ccc(Cl)cc2s1. The van der Waals surface area contributed by atoms with E-state index in [-0.39, 0.29) is 18.0 Å². The van der Waals surface area contributed by atoms with E-state index >= 15 is 0 Å². The molecule has 116 valence electrons. The molecule has 0 atom stereocenters. The van der Waals surface area contributed by atoms with Crippen molar-refractivity contribution in [1.82, 2.24) is 4.98 Å². The van der Waals surface area contributed by atoms with Crippen LogP contribution in [0.25, 0.3) is 10.2 Å². The highest BCUT2D eigenvalue weighted by Gasteiger charge is 2.10. The Morgan fingerprint density at radius 3 is 2.70 bits per heavy atom. The highest BCUT2D eigenvalue weighted by molar-refractivity contribution is 7.22. The second kappa shape index (κ2) is 6.31. The van der Waals surface area contributed by atoms with E-state index in [2.05, 4.69) is 10.3 Å². The zero-order valence-corrected chi connectivity index (χ0v) is 13.2. The minimum atomic E-state index is -0.476. The number of hydrogen-bond acceptors (Lipinski definition) is 5. The lowest BCUT2D eigenvalue weighted by Crippen LogP contribution is -2.14. The number of rotatable bonds is 4. The summed E-state index contributed by atoms with van der Waals surface area (Å²) in [5.74, 6) is -0.232. The number of carbonyl (C=O) groups is 1. The van der Waals surface area contributed by atoms with Crippen LogP contribution in [0.2, 0.25) is 5.02 Å². The zero-order valence-electron chi connectivity index (χ0n) is 11.7. The van der Waals surface area contributed by atoms with Crippen LogP contribution in [0.4, 0.5) is 10.8 Å². The molecule has 8 heteroatoms. The molecular weight excluding hydrogens is 338 g/mol.